The number of hydrogen-bond acceptors (Lipinski definition) is 4. The number of rotatable bonds is 4. The van der Waals surface area contributed by atoms with E-state index in [4.69, 9.17) is 5.73 Å². The van der Waals surface area contributed by atoms with Crippen LogP contribution in [0.2, 0.25) is 0 Å². The van der Waals surface area contributed by atoms with Crippen molar-refractivity contribution in [1.29, 1.82) is 0 Å². The fourth-order valence-corrected chi connectivity index (χ4v) is 3.69. The first kappa shape index (κ1) is 16.5. The lowest BCUT2D eigenvalue weighted by molar-refractivity contribution is 0.0791. The monoisotopic (exact) mass is 339 g/mol. The molecule has 24 heavy (non-hydrogen) atoms. The summed E-state index contributed by atoms with van der Waals surface area (Å²) in [5.74, 6) is 0.281. The molecule has 124 valence electrons. The van der Waals surface area contributed by atoms with Crippen LogP contribution in [0, 0.1) is 0 Å². The van der Waals surface area contributed by atoms with E-state index >= 15 is 0 Å². The number of aromatic nitrogens is 1. The number of pyridine rings is 1. The third-order valence-electron chi connectivity index (χ3n) is 4.01. The summed E-state index contributed by atoms with van der Waals surface area (Å²) in [6, 6.07) is 13.9. The van der Waals surface area contributed by atoms with E-state index in [9.17, 15) is 4.79 Å². The van der Waals surface area contributed by atoms with Gasteiger partial charge in [0.2, 0.25) is 0 Å². The van der Waals surface area contributed by atoms with Crippen molar-refractivity contribution in [2.24, 2.45) is 0 Å². The van der Waals surface area contributed by atoms with Crippen molar-refractivity contribution in [3.63, 3.8) is 0 Å². The second kappa shape index (κ2) is 6.61. The molecule has 3 rings (SSSR count). The molecule has 0 spiro atoms. The van der Waals surface area contributed by atoms with Crippen LogP contribution < -0.4 is 5.73 Å². The average molecular weight is 339 g/mol. The van der Waals surface area contributed by atoms with Gasteiger partial charge in [-0.3, -0.25) is 4.79 Å². The maximum absolute atomic E-state index is 12.8. The molecule has 0 bridgehead atoms. The van der Waals surface area contributed by atoms with Crippen LogP contribution in [0.1, 0.15) is 40.7 Å². The SMILES string of the molecule is CC(C)c1ccc2c(N)c(C(=O)N(C)Cc3ccccc3)sc2n1. The van der Waals surface area contributed by atoms with Gasteiger partial charge in [0.1, 0.15) is 9.71 Å². The molecule has 4 nitrogen and oxygen atoms in total. The Hall–Kier alpha value is -2.40. The lowest BCUT2D eigenvalue weighted by atomic mass is 10.1. The standard InChI is InChI=1S/C19H21N3OS/c1-12(2)15-10-9-14-16(20)17(24-18(14)21-15)19(23)22(3)11-13-7-5-4-6-8-13/h4-10,12H,11,20H2,1-3H3. The third kappa shape index (κ3) is 3.12. The Morgan fingerprint density at radius 3 is 2.58 bits per heavy atom. The third-order valence-corrected chi connectivity index (χ3v) is 5.11. The summed E-state index contributed by atoms with van der Waals surface area (Å²) in [6.45, 7) is 4.76. The molecule has 2 N–H and O–H groups in total. The van der Waals surface area contributed by atoms with Crippen molar-refractivity contribution in [2.45, 2.75) is 26.3 Å². The van der Waals surface area contributed by atoms with Gasteiger partial charge in [-0.05, 0) is 23.6 Å². The van der Waals surface area contributed by atoms with Gasteiger partial charge >= 0.3 is 0 Å². The lowest BCUT2D eigenvalue weighted by Crippen LogP contribution is -2.26. The second-order valence-electron chi connectivity index (χ2n) is 6.24. The number of nitrogens with two attached hydrogens (primary N) is 1. The fourth-order valence-electron chi connectivity index (χ4n) is 2.59. The zero-order valence-electron chi connectivity index (χ0n) is 14.1. The van der Waals surface area contributed by atoms with E-state index in [1.165, 1.54) is 11.3 Å². The molecule has 0 radical (unpaired) electrons. The molecule has 2 aromatic heterocycles. The number of thiophene rings is 1. The number of nitrogens with zero attached hydrogens (tertiary/aromatic N) is 2. The Morgan fingerprint density at radius 2 is 1.92 bits per heavy atom. The molecule has 0 aliphatic carbocycles. The molecular weight excluding hydrogens is 318 g/mol. The molecule has 0 atom stereocenters. The zero-order valence-corrected chi connectivity index (χ0v) is 14.9. The average Bonchev–Trinajstić information content (AvgIpc) is 2.91. The highest BCUT2D eigenvalue weighted by atomic mass is 32.1. The van der Waals surface area contributed by atoms with Crippen molar-refractivity contribution >= 4 is 33.1 Å². The van der Waals surface area contributed by atoms with Gasteiger partial charge in [0.05, 0.1) is 5.69 Å². The van der Waals surface area contributed by atoms with Crippen LogP contribution >= 0.6 is 11.3 Å². The van der Waals surface area contributed by atoms with Crippen LogP contribution in [0.4, 0.5) is 5.69 Å². The molecule has 2 heterocycles. The molecule has 1 amide bonds. The van der Waals surface area contributed by atoms with E-state index in [0.29, 0.717) is 23.0 Å². The molecule has 0 unspecified atom stereocenters. The number of nitrogen functional groups attached to an aromatic ring is 1. The van der Waals surface area contributed by atoms with Gasteiger partial charge in [0.25, 0.3) is 5.91 Å². The number of carbonyl (C=O) groups excluding carboxylic acids is 1. The first-order valence-electron chi connectivity index (χ1n) is 7.95. The van der Waals surface area contributed by atoms with Crippen LogP contribution in [0.15, 0.2) is 42.5 Å². The minimum Gasteiger partial charge on any atom is -0.397 e. The number of benzene rings is 1. The smallest absolute Gasteiger partial charge is 0.266 e. The Kier molecular flexibility index (Phi) is 4.53. The molecule has 0 aliphatic rings. The first-order valence-corrected chi connectivity index (χ1v) is 8.77. The summed E-state index contributed by atoms with van der Waals surface area (Å²) < 4.78 is 0. The van der Waals surface area contributed by atoms with Crippen molar-refractivity contribution < 1.29 is 4.79 Å². The molecule has 3 aromatic rings. The zero-order chi connectivity index (χ0) is 17.3. The summed E-state index contributed by atoms with van der Waals surface area (Å²) in [4.78, 5) is 20.5. The van der Waals surface area contributed by atoms with E-state index in [1.807, 2.05) is 42.5 Å². The molecule has 0 saturated carbocycles. The number of fused-ring (bicyclic) bond motifs is 1. The summed E-state index contributed by atoms with van der Waals surface area (Å²) >= 11 is 1.38. The van der Waals surface area contributed by atoms with E-state index in [0.717, 1.165) is 21.5 Å². The van der Waals surface area contributed by atoms with Gasteiger partial charge in [-0.2, -0.15) is 0 Å². The molecule has 1 aromatic carbocycles. The molecular formula is C19H21N3OS. The maximum atomic E-state index is 12.8. The highest BCUT2D eigenvalue weighted by Gasteiger charge is 2.21. The van der Waals surface area contributed by atoms with Crippen molar-refractivity contribution in [3.05, 3.63) is 58.6 Å². The minimum atomic E-state index is -0.0644. The molecule has 0 fully saturated rings. The summed E-state index contributed by atoms with van der Waals surface area (Å²) in [5, 5.41) is 0.862. The minimum absolute atomic E-state index is 0.0644. The molecule has 0 aliphatic heterocycles. The van der Waals surface area contributed by atoms with E-state index < -0.39 is 0 Å². The van der Waals surface area contributed by atoms with Crippen LogP contribution in [0.3, 0.4) is 0 Å². The lowest BCUT2D eigenvalue weighted by Gasteiger charge is -2.16. The van der Waals surface area contributed by atoms with Crippen LogP contribution in [-0.2, 0) is 6.54 Å². The quantitative estimate of drug-likeness (QED) is 0.772. The number of hydrogen-bond donors (Lipinski definition) is 1. The van der Waals surface area contributed by atoms with Crippen LogP contribution in [0.25, 0.3) is 10.2 Å². The predicted octanol–water partition coefficient (Wildman–Crippen LogP) is 4.27. The van der Waals surface area contributed by atoms with Gasteiger partial charge < -0.3 is 10.6 Å². The highest BCUT2D eigenvalue weighted by Crippen LogP contribution is 2.34. The van der Waals surface area contributed by atoms with Crippen LogP contribution in [-0.4, -0.2) is 22.8 Å². The van der Waals surface area contributed by atoms with Gasteiger partial charge in [-0.1, -0.05) is 44.2 Å². The number of amides is 1. The number of anilines is 1. The Balaban J connectivity index is 1.90. The second-order valence-corrected chi connectivity index (χ2v) is 7.23. The van der Waals surface area contributed by atoms with Gasteiger partial charge in [-0.25, -0.2) is 4.98 Å². The Bertz CT molecular complexity index is 871. The van der Waals surface area contributed by atoms with E-state index in [2.05, 4.69) is 18.8 Å². The van der Waals surface area contributed by atoms with Crippen molar-refractivity contribution in [3.8, 4) is 0 Å². The number of carbonyl (C=O) groups is 1. The molecule has 5 heteroatoms. The predicted molar refractivity (Wildman–Crippen MR) is 100 cm³/mol. The van der Waals surface area contributed by atoms with E-state index in [-0.39, 0.29) is 5.91 Å². The molecule has 0 saturated heterocycles. The first-order chi connectivity index (χ1) is 11.5. The summed E-state index contributed by atoms with van der Waals surface area (Å²) in [7, 11) is 1.80. The summed E-state index contributed by atoms with van der Waals surface area (Å²) in [5.41, 5.74) is 8.86. The van der Waals surface area contributed by atoms with Gasteiger partial charge in [-0.15, -0.1) is 11.3 Å². The fraction of sp³-hybridized carbons (Fsp3) is 0.263. The van der Waals surface area contributed by atoms with Crippen LogP contribution in [0.5, 0.6) is 0 Å². The van der Waals surface area contributed by atoms with Gasteiger partial charge in [0.15, 0.2) is 0 Å². The van der Waals surface area contributed by atoms with Crippen molar-refractivity contribution in [1.82, 2.24) is 9.88 Å². The van der Waals surface area contributed by atoms with Crippen molar-refractivity contribution in [2.75, 3.05) is 12.8 Å². The Labute approximate surface area is 145 Å². The van der Waals surface area contributed by atoms with Gasteiger partial charge in [0, 0.05) is 24.7 Å². The topological polar surface area (TPSA) is 59.2 Å². The largest absolute Gasteiger partial charge is 0.397 e. The van der Waals surface area contributed by atoms with E-state index in [1.54, 1.807) is 11.9 Å². The summed E-state index contributed by atoms with van der Waals surface area (Å²) in [6.07, 6.45) is 0. The Morgan fingerprint density at radius 1 is 1.21 bits per heavy atom. The maximum Gasteiger partial charge on any atom is 0.266 e. The normalized spacial score (nSPS) is 11.2. The highest BCUT2D eigenvalue weighted by molar-refractivity contribution is 7.21.